The van der Waals surface area contributed by atoms with Crippen LogP contribution in [-0.4, -0.2) is 20.2 Å². The van der Waals surface area contributed by atoms with Gasteiger partial charge in [0, 0.05) is 0 Å². The van der Waals surface area contributed by atoms with E-state index in [1.54, 1.807) is 0 Å². The fourth-order valence-electron chi connectivity index (χ4n) is 2.31. The molecule has 0 unspecified atom stereocenters. The van der Waals surface area contributed by atoms with Gasteiger partial charge >= 0.3 is 122 Å². The Labute approximate surface area is 121 Å². The van der Waals surface area contributed by atoms with E-state index < -0.39 is 19.6 Å². The molecule has 0 N–H and O–H groups in total. The van der Waals surface area contributed by atoms with E-state index in [9.17, 15) is 0.598 Å². The summed E-state index contributed by atoms with van der Waals surface area (Å²) in [4.78, 5) is 0. The first-order valence-electron chi connectivity index (χ1n) is 6.98. The van der Waals surface area contributed by atoms with Crippen molar-refractivity contribution in [2.24, 2.45) is 0 Å². The van der Waals surface area contributed by atoms with Gasteiger partial charge in [-0.25, -0.2) is 0 Å². The molecule has 0 amide bonds. The minimum absolute atomic E-state index is 1.19. The molecule has 3 aromatic rings. The molecule has 0 heterocycles. The Kier molecular flexibility index (Phi) is 3.61. The van der Waals surface area contributed by atoms with Crippen LogP contribution in [0.3, 0.4) is 0 Å². The standard InChI is InChI=1S/3C6H5.Sn.H/c3*1-2-4-6-5-3-1;;/h3*1-5H;;/i;;;;1+1. The van der Waals surface area contributed by atoms with Gasteiger partial charge in [0.05, 0.1) is 0 Å². The summed E-state index contributed by atoms with van der Waals surface area (Å²) in [5.74, 6) is 0. The van der Waals surface area contributed by atoms with Crippen molar-refractivity contribution in [1.29, 1.82) is 0.598 Å². The van der Waals surface area contributed by atoms with Crippen molar-refractivity contribution < 1.29 is 0 Å². The Morgan fingerprint density at radius 2 is 0.737 bits per heavy atom. The molecule has 3 aromatic carbocycles. The Bertz CT molecular complexity index is 569. The van der Waals surface area contributed by atoms with Gasteiger partial charge < -0.3 is 0 Å². The molecule has 0 aliphatic heterocycles. The first kappa shape index (κ1) is 11.3. The Balaban J connectivity index is 2.24. The van der Waals surface area contributed by atoms with E-state index >= 15 is 0 Å². The van der Waals surface area contributed by atoms with Gasteiger partial charge in [0.25, 0.3) is 0 Å². The minimum atomic E-state index is -3.53. The van der Waals surface area contributed by atoms with E-state index in [2.05, 4.69) is 36.4 Å². The molecular formula is C18H16Sn. The van der Waals surface area contributed by atoms with Crippen LogP contribution in [0.15, 0.2) is 91.0 Å². The third kappa shape index (κ3) is 2.90. The maximum atomic E-state index is 9.35. The average Bonchev–Trinajstić information content (AvgIpc) is 2.56. The molecule has 0 bridgehead atoms. The number of hydrogen-bond donors (Lipinski definition) is 0. The zero-order chi connectivity index (χ0) is 13.8. The quantitative estimate of drug-likeness (QED) is 0.632. The summed E-state index contributed by atoms with van der Waals surface area (Å²) in [5, 5.41) is 0. The predicted octanol–water partition coefficient (Wildman–Crippen LogP) is 1.94. The maximum absolute atomic E-state index is 9.35. The first-order chi connectivity index (χ1) is 9.82. The fraction of sp³-hybridized carbons (Fsp3) is 0. The molecule has 92 valence electrons. The van der Waals surface area contributed by atoms with Crippen LogP contribution in [0.1, 0.15) is 0 Å². The molecule has 0 saturated heterocycles. The molecule has 19 heavy (non-hydrogen) atoms. The normalized spacial score (nSPS) is 11.9. The van der Waals surface area contributed by atoms with E-state index in [1.807, 2.05) is 54.6 Å². The third-order valence-electron chi connectivity index (χ3n) is 3.19. The van der Waals surface area contributed by atoms with Crippen LogP contribution in [0.5, 0.6) is 0 Å². The van der Waals surface area contributed by atoms with Crippen LogP contribution in [0.25, 0.3) is 0 Å². The summed E-state index contributed by atoms with van der Waals surface area (Å²) in [6, 6.07) is 31.0. The van der Waals surface area contributed by atoms with Crippen molar-refractivity contribution in [3.8, 4) is 0 Å². The second kappa shape index (κ2) is 6.07. The Morgan fingerprint density at radius 1 is 0.474 bits per heavy atom. The molecule has 0 aliphatic rings. The van der Waals surface area contributed by atoms with Gasteiger partial charge in [-0.15, -0.1) is 0 Å². The summed E-state index contributed by atoms with van der Waals surface area (Å²) < 4.78 is 12.9. The summed E-state index contributed by atoms with van der Waals surface area (Å²) in [6.07, 6.45) is 0. The third-order valence-corrected chi connectivity index (χ3v) is 11.0. The van der Waals surface area contributed by atoms with Crippen molar-refractivity contribution in [3.63, 3.8) is 0 Å². The van der Waals surface area contributed by atoms with Crippen molar-refractivity contribution in [2.45, 2.75) is 0 Å². The van der Waals surface area contributed by atoms with Gasteiger partial charge in [0.1, 0.15) is 0 Å². The van der Waals surface area contributed by atoms with Gasteiger partial charge in [0.2, 0.25) is 0 Å². The summed E-state index contributed by atoms with van der Waals surface area (Å²) in [7, 11) is 0. The monoisotopic (exact) mass is 353 g/mol. The van der Waals surface area contributed by atoms with E-state index in [1.165, 1.54) is 10.7 Å². The summed E-state index contributed by atoms with van der Waals surface area (Å²) in [6.45, 7) is 0. The van der Waals surface area contributed by atoms with Gasteiger partial charge in [-0.3, -0.25) is 0 Å². The van der Waals surface area contributed by atoms with Crippen LogP contribution in [0.4, 0.5) is 0 Å². The van der Waals surface area contributed by atoms with Crippen LogP contribution >= 0.6 is 0 Å². The second-order valence-electron chi connectivity index (χ2n) is 4.47. The van der Waals surface area contributed by atoms with Crippen molar-refractivity contribution in [1.82, 2.24) is 0 Å². The molecule has 0 fully saturated rings. The molecule has 3 rings (SSSR count). The first-order valence-corrected chi connectivity index (χ1v) is 10.8. The number of hydrogen-bond acceptors (Lipinski definition) is 0. The average molecular weight is 352 g/mol. The van der Waals surface area contributed by atoms with Crippen molar-refractivity contribution in [3.05, 3.63) is 91.0 Å². The number of rotatable bonds is 3. The van der Waals surface area contributed by atoms with E-state index in [0.29, 0.717) is 0 Å². The second-order valence-corrected chi connectivity index (χ2v) is 11.6. The summed E-state index contributed by atoms with van der Waals surface area (Å²) in [5.41, 5.74) is 0. The van der Waals surface area contributed by atoms with Gasteiger partial charge in [-0.1, -0.05) is 0 Å². The van der Waals surface area contributed by atoms with Gasteiger partial charge in [-0.05, 0) is 0 Å². The Morgan fingerprint density at radius 3 is 1.00 bits per heavy atom. The topological polar surface area (TPSA) is 0 Å². The van der Waals surface area contributed by atoms with Crippen LogP contribution in [0.2, 0.25) is 0 Å². The molecule has 0 atom stereocenters. The molecule has 1 heteroatoms. The van der Waals surface area contributed by atoms with Crippen LogP contribution in [-0.2, 0) is 0 Å². The molecule has 0 spiro atoms. The zero-order valence-electron chi connectivity index (χ0n) is 11.7. The summed E-state index contributed by atoms with van der Waals surface area (Å²) >= 11 is -3.53. The molecular weight excluding hydrogens is 335 g/mol. The molecule has 0 saturated carbocycles. The SMILES string of the molecule is [2H][Sn]([c]1ccccc1)([c]1ccccc1)[c]1ccccc1. The van der Waals surface area contributed by atoms with E-state index in [4.69, 9.17) is 0 Å². The zero-order valence-corrected chi connectivity index (χ0v) is 13.5. The van der Waals surface area contributed by atoms with E-state index in [0.717, 1.165) is 0 Å². The van der Waals surface area contributed by atoms with Gasteiger partial charge in [0.15, 0.2) is 0 Å². The molecule has 0 radical (unpaired) electrons. The van der Waals surface area contributed by atoms with E-state index in [-0.39, 0.29) is 0 Å². The van der Waals surface area contributed by atoms with Crippen LogP contribution in [0, 0.1) is 0 Å². The van der Waals surface area contributed by atoms with Crippen molar-refractivity contribution >= 4 is 30.3 Å². The number of benzene rings is 3. The fourth-order valence-corrected chi connectivity index (χ4v) is 9.67. The van der Waals surface area contributed by atoms with Crippen molar-refractivity contribution in [2.75, 3.05) is 0 Å². The molecule has 0 aliphatic carbocycles. The predicted molar refractivity (Wildman–Crippen MR) is 85.4 cm³/mol. The Hall–Kier alpha value is -1.54. The molecule has 0 nitrogen and oxygen atoms in total. The van der Waals surface area contributed by atoms with Gasteiger partial charge in [-0.2, -0.15) is 0 Å². The molecule has 0 aromatic heterocycles. The van der Waals surface area contributed by atoms with Crippen LogP contribution < -0.4 is 10.7 Å².